The largest absolute Gasteiger partial charge is 0.495 e. The van der Waals surface area contributed by atoms with E-state index in [9.17, 15) is 9.59 Å². The number of carbonyl (C=O) groups excluding carboxylic acids is 2. The van der Waals surface area contributed by atoms with E-state index in [0.29, 0.717) is 18.5 Å². The predicted octanol–water partition coefficient (Wildman–Crippen LogP) is 2.60. The van der Waals surface area contributed by atoms with Gasteiger partial charge >= 0.3 is 5.91 Å². The highest BCUT2D eigenvalue weighted by molar-refractivity contribution is 6.07. The molecule has 1 aliphatic heterocycles. The summed E-state index contributed by atoms with van der Waals surface area (Å²) in [5.74, 6) is 0.0803. The predicted molar refractivity (Wildman–Crippen MR) is 140 cm³/mol. The van der Waals surface area contributed by atoms with E-state index in [1.807, 2.05) is 55.5 Å². The second kappa shape index (κ2) is 10.8. The molecule has 2 aromatic carbocycles. The SMILES string of the molecule is COc1cccc2c(C(=O)[N+](C)(C)[C@@H](Cc3ccccc3)C(N)=O)c(C)n(CCN3CCOCC3)c12. The summed E-state index contributed by atoms with van der Waals surface area (Å²) in [5.41, 5.74) is 9.20. The van der Waals surface area contributed by atoms with Crippen molar-refractivity contribution in [2.24, 2.45) is 5.73 Å². The summed E-state index contributed by atoms with van der Waals surface area (Å²) in [5, 5.41) is 0.827. The summed E-state index contributed by atoms with van der Waals surface area (Å²) < 4.78 is 13.2. The summed E-state index contributed by atoms with van der Waals surface area (Å²) in [6.07, 6.45) is 0.382. The van der Waals surface area contributed by atoms with Crippen molar-refractivity contribution in [3.05, 3.63) is 65.4 Å². The third kappa shape index (κ3) is 5.02. The topological polar surface area (TPSA) is 86.8 Å². The number of hydrogen-bond donors (Lipinski definition) is 1. The molecule has 36 heavy (non-hydrogen) atoms. The van der Waals surface area contributed by atoms with E-state index in [1.54, 1.807) is 21.2 Å². The minimum atomic E-state index is -0.711. The first-order valence-corrected chi connectivity index (χ1v) is 12.4. The second-order valence-corrected chi connectivity index (χ2v) is 9.88. The zero-order valence-corrected chi connectivity index (χ0v) is 21.7. The van der Waals surface area contributed by atoms with Crippen LogP contribution in [0.4, 0.5) is 0 Å². The van der Waals surface area contributed by atoms with Crippen molar-refractivity contribution >= 4 is 22.7 Å². The molecule has 0 saturated carbocycles. The number of primary amides is 1. The van der Waals surface area contributed by atoms with Gasteiger partial charge in [-0.2, -0.15) is 0 Å². The summed E-state index contributed by atoms with van der Waals surface area (Å²) >= 11 is 0. The number of ether oxygens (including phenoxy) is 2. The Morgan fingerprint density at radius 2 is 1.75 bits per heavy atom. The van der Waals surface area contributed by atoms with Crippen LogP contribution in [-0.2, 0) is 22.5 Å². The number of para-hydroxylation sites is 1. The molecule has 8 heteroatoms. The van der Waals surface area contributed by atoms with Gasteiger partial charge in [0.2, 0.25) is 0 Å². The van der Waals surface area contributed by atoms with Crippen LogP contribution in [0.1, 0.15) is 21.6 Å². The number of aromatic nitrogens is 1. The molecule has 2 heterocycles. The van der Waals surface area contributed by atoms with Crippen LogP contribution >= 0.6 is 0 Å². The Kier molecular flexibility index (Phi) is 7.78. The number of nitrogens with two attached hydrogens (primary N) is 1. The van der Waals surface area contributed by atoms with E-state index in [0.717, 1.165) is 60.8 Å². The van der Waals surface area contributed by atoms with Crippen molar-refractivity contribution in [3.63, 3.8) is 0 Å². The van der Waals surface area contributed by atoms with Gasteiger partial charge in [0.1, 0.15) is 11.3 Å². The lowest BCUT2D eigenvalue weighted by atomic mass is 10.0. The standard InChI is InChI=1S/C28H36N4O4/c1-20-25(28(34)32(2,3)23(27(29)33)19-21-9-6-5-7-10-21)22-11-8-12-24(35-4)26(22)31(20)14-13-30-15-17-36-18-16-30/h5-12,23H,13-19H2,1-4H3,(H-,29,33)/p+1/t23-/m0/s1. The van der Waals surface area contributed by atoms with Gasteiger partial charge in [0.05, 0.1) is 39.9 Å². The van der Waals surface area contributed by atoms with Crippen LogP contribution in [0, 0.1) is 6.92 Å². The molecule has 0 unspecified atom stereocenters. The number of carbonyl (C=O) groups is 2. The van der Waals surface area contributed by atoms with Crippen LogP contribution in [0.2, 0.25) is 0 Å². The van der Waals surface area contributed by atoms with Crippen molar-refractivity contribution < 1.29 is 23.5 Å². The lowest BCUT2D eigenvalue weighted by molar-refractivity contribution is -0.824. The highest BCUT2D eigenvalue weighted by Gasteiger charge is 2.43. The van der Waals surface area contributed by atoms with Gasteiger partial charge in [0, 0.05) is 43.7 Å². The molecule has 0 bridgehead atoms. The molecule has 0 spiro atoms. The number of rotatable bonds is 9. The molecule has 1 atom stereocenters. The smallest absolute Gasteiger partial charge is 0.348 e. The summed E-state index contributed by atoms with van der Waals surface area (Å²) in [7, 11) is 5.20. The molecule has 1 fully saturated rings. The summed E-state index contributed by atoms with van der Waals surface area (Å²) in [6, 6.07) is 14.7. The van der Waals surface area contributed by atoms with Crippen LogP contribution in [-0.4, -0.2) is 85.9 Å². The van der Waals surface area contributed by atoms with E-state index in [4.69, 9.17) is 15.2 Å². The van der Waals surface area contributed by atoms with E-state index in [-0.39, 0.29) is 10.4 Å². The number of hydrogen-bond acceptors (Lipinski definition) is 5. The summed E-state index contributed by atoms with van der Waals surface area (Å²) in [4.78, 5) is 29.2. The number of methoxy groups -OCH3 is 1. The normalized spacial score (nSPS) is 15.7. The van der Waals surface area contributed by atoms with Crippen LogP contribution in [0.5, 0.6) is 5.75 Å². The molecular formula is C28H37N4O4+. The van der Waals surface area contributed by atoms with Crippen LogP contribution < -0.4 is 10.5 Å². The molecule has 0 radical (unpaired) electrons. The minimum absolute atomic E-state index is 0.143. The zero-order chi connectivity index (χ0) is 25.9. The highest BCUT2D eigenvalue weighted by atomic mass is 16.5. The van der Waals surface area contributed by atoms with Crippen molar-refractivity contribution in [3.8, 4) is 5.75 Å². The van der Waals surface area contributed by atoms with Crippen molar-refractivity contribution in [2.45, 2.75) is 25.9 Å². The zero-order valence-electron chi connectivity index (χ0n) is 21.7. The van der Waals surface area contributed by atoms with E-state index in [1.165, 1.54) is 0 Å². The number of benzene rings is 2. The average Bonchev–Trinajstić information content (AvgIpc) is 3.17. The number of quaternary nitrogens is 1. The molecule has 8 nitrogen and oxygen atoms in total. The van der Waals surface area contributed by atoms with Gasteiger partial charge in [-0.1, -0.05) is 42.5 Å². The van der Waals surface area contributed by atoms with Crippen LogP contribution in [0.15, 0.2) is 48.5 Å². The van der Waals surface area contributed by atoms with Gasteiger partial charge in [-0.15, -0.1) is 0 Å². The lowest BCUT2D eigenvalue weighted by Crippen LogP contribution is -2.59. The minimum Gasteiger partial charge on any atom is -0.495 e. The molecule has 2 N–H and O–H groups in total. The van der Waals surface area contributed by atoms with Gasteiger partial charge in [0.15, 0.2) is 6.04 Å². The first kappa shape index (κ1) is 25.9. The Morgan fingerprint density at radius 3 is 2.39 bits per heavy atom. The van der Waals surface area contributed by atoms with Crippen molar-refractivity contribution in [1.82, 2.24) is 9.47 Å². The third-order valence-corrected chi connectivity index (χ3v) is 7.39. The Bertz CT molecular complexity index is 1230. The molecule has 192 valence electrons. The van der Waals surface area contributed by atoms with Gasteiger partial charge in [-0.05, 0) is 18.6 Å². The number of amides is 2. The molecule has 1 aliphatic rings. The maximum absolute atomic E-state index is 14.2. The van der Waals surface area contributed by atoms with E-state index < -0.39 is 11.9 Å². The van der Waals surface area contributed by atoms with Gasteiger partial charge in [-0.25, -0.2) is 4.79 Å². The van der Waals surface area contributed by atoms with E-state index >= 15 is 0 Å². The molecule has 1 saturated heterocycles. The fourth-order valence-electron chi connectivity index (χ4n) is 5.19. The molecular weight excluding hydrogens is 456 g/mol. The first-order valence-electron chi connectivity index (χ1n) is 12.4. The molecule has 4 rings (SSSR count). The monoisotopic (exact) mass is 493 g/mol. The molecule has 3 aromatic rings. The Morgan fingerprint density at radius 1 is 1.06 bits per heavy atom. The average molecular weight is 494 g/mol. The number of nitrogens with zero attached hydrogens (tertiary/aromatic N) is 3. The Balaban J connectivity index is 1.74. The Labute approximate surface area is 212 Å². The number of fused-ring (bicyclic) bond motifs is 1. The maximum atomic E-state index is 14.2. The summed E-state index contributed by atoms with van der Waals surface area (Å²) in [6.45, 7) is 6.79. The number of morpholine rings is 1. The van der Waals surface area contributed by atoms with E-state index in [2.05, 4.69) is 9.47 Å². The molecule has 0 aliphatic carbocycles. The van der Waals surface area contributed by atoms with Crippen LogP contribution in [0.25, 0.3) is 10.9 Å². The Hall–Kier alpha value is -3.20. The van der Waals surface area contributed by atoms with Gasteiger partial charge in [-0.3, -0.25) is 14.2 Å². The second-order valence-electron chi connectivity index (χ2n) is 9.88. The fourth-order valence-corrected chi connectivity index (χ4v) is 5.19. The quantitative estimate of drug-likeness (QED) is 0.463. The molecule has 2 amide bonds. The lowest BCUT2D eigenvalue weighted by Gasteiger charge is -2.33. The molecule has 1 aromatic heterocycles. The maximum Gasteiger partial charge on any atom is 0.348 e. The highest BCUT2D eigenvalue weighted by Crippen LogP contribution is 2.35. The fraction of sp³-hybridized carbons (Fsp3) is 0.429. The number of likely N-dealkylation sites (N-methyl/N-ethyl adjacent to an activating group) is 1. The van der Waals surface area contributed by atoms with Crippen molar-refractivity contribution in [1.29, 1.82) is 0 Å². The van der Waals surface area contributed by atoms with Crippen LogP contribution in [0.3, 0.4) is 0 Å². The van der Waals surface area contributed by atoms with Gasteiger partial charge in [0.25, 0.3) is 5.91 Å². The van der Waals surface area contributed by atoms with Gasteiger partial charge < -0.3 is 19.8 Å². The third-order valence-electron chi connectivity index (χ3n) is 7.39. The van der Waals surface area contributed by atoms with Crippen molar-refractivity contribution in [2.75, 3.05) is 54.1 Å². The first-order chi connectivity index (χ1) is 17.3.